The molecule has 80 valence electrons. The van der Waals surface area contributed by atoms with E-state index in [1.807, 2.05) is 4.90 Å². The zero-order valence-electron chi connectivity index (χ0n) is 8.65. The second kappa shape index (κ2) is 4.29. The zero-order valence-corrected chi connectivity index (χ0v) is 8.65. The molecule has 4 nitrogen and oxygen atoms in total. The molecule has 0 atom stereocenters. The Morgan fingerprint density at radius 1 is 1.33 bits per heavy atom. The number of aromatic nitrogens is 1. The lowest BCUT2D eigenvalue weighted by atomic mass is 10.1. The molecule has 0 radical (unpaired) electrons. The largest absolute Gasteiger partial charge is 0.384 e. The van der Waals surface area contributed by atoms with Crippen molar-refractivity contribution < 1.29 is 4.79 Å². The third-order valence-electron chi connectivity index (χ3n) is 2.67. The summed E-state index contributed by atoms with van der Waals surface area (Å²) in [7, 11) is 0. The lowest BCUT2D eigenvalue weighted by Crippen LogP contribution is -2.35. The second-order valence-corrected chi connectivity index (χ2v) is 3.82. The van der Waals surface area contributed by atoms with Gasteiger partial charge in [0.15, 0.2) is 0 Å². The summed E-state index contributed by atoms with van der Waals surface area (Å²) in [5, 5.41) is 0. The third-order valence-corrected chi connectivity index (χ3v) is 2.67. The fourth-order valence-corrected chi connectivity index (χ4v) is 1.86. The predicted octanol–water partition coefficient (Wildman–Crippen LogP) is 1.29. The zero-order chi connectivity index (χ0) is 10.7. The van der Waals surface area contributed by atoms with Crippen molar-refractivity contribution in [1.82, 2.24) is 9.88 Å². The minimum atomic E-state index is 0.0730. The van der Waals surface area contributed by atoms with E-state index in [1.165, 1.54) is 6.42 Å². The number of likely N-dealkylation sites (tertiary alicyclic amines) is 1. The summed E-state index contributed by atoms with van der Waals surface area (Å²) in [5.74, 6) is 0.474. The molecule has 1 aliphatic rings. The van der Waals surface area contributed by atoms with Gasteiger partial charge < -0.3 is 10.6 Å². The number of amides is 1. The maximum atomic E-state index is 12.0. The molecule has 0 unspecified atom stereocenters. The first-order valence-electron chi connectivity index (χ1n) is 5.28. The predicted molar refractivity (Wildman–Crippen MR) is 58.4 cm³/mol. The first-order valence-corrected chi connectivity index (χ1v) is 5.28. The average molecular weight is 205 g/mol. The fraction of sp³-hybridized carbons (Fsp3) is 0.455. The summed E-state index contributed by atoms with van der Waals surface area (Å²) in [6, 6.07) is 3.35. The van der Waals surface area contributed by atoms with Gasteiger partial charge in [-0.3, -0.25) is 4.79 Å². The van der Waals surface area contributed by atoms with Gasteiger partial charge >= 0.3 is 0 Å². The Balaban J connectivity index is 2.12. The van der Waals surface area contributed by atoms with Gasteiger partial charge in [0.25, 0.3) is 5.91 Å². The van der Waals surface area contributed by atoms with Crippen molar-refractivity contribution in [3.63, 3.8) is 0 Å². The quantitative estimate of drug-likeness (QED) is 0.751. The molecule has 2 rings (SSSR count). The Bertz CT molecular complexity index is 359. The summed E-state index contributed by atoms with van der Waals surface area (Å²) in [6.07, 6.45) is 5.01. The Kier molecular flexibility index (Phi) is 2.85. The van der Waals surface area contributed by atoms with E-state index >= 15 is 0 Å². The molecular weight excluding hydrogens is 190 g/mol. The Labute approximate surface area is 89.1 Å². The van der Waals surface area contributed by atoms with Crippen molar-refractivity contribution >= 4 is 11.7 Å². The number of carbonyl (C=O) groups is 1. The van der Waals surface area contributed by atoms with E-state index in [0.717, 1.165) is 25.9 Å². The highest BCUT2D eigenvalue weighted by Crippen LogP contribution is 2.13. The van der Waals surface area contributed by atoms with Gasteiger partial charge in [-0.25, -0.2) is 4.98 Å². The molecule has 0 bridgehead atoms. The molecule has 1 amide bonds. The van der Waals surface area contributed by atoms with Gasteiger partial charge in [0.1, 0.15) is 5.82 Å². The van der Waals surface area contributed by atoms with Crippen LogP contribution in [0.2, 0.25) is 0 Å². The van der Waals surface area contributed by atoms with Gasteiger partial charge in [0, 0.05) is 24.8 Å². The van der Waals surface area contributed by atoms with E-state index in [-0.39, 0.29) is 5.91 Å². The summed E-state index contributed by atoms with van der Waals surface area (Å²) in [6.45, 7) is 1.72. The molecule has 1 aliphatic heterocycles. The number of hydrogen-bond acceptors (Lipinski definition) is 3. The number of nitrogens with two attached hydrogens (primary N) is 1. The second-order valence-electron chi connectivity index (χ2n) is 3.82. The van der Waals surface area contributed by atoms with E-state index in [0.29, 0.717) is 11.4 Å². The SMILES string of the molecule is Nc1cc(C(=O)N2CCCCC2)ccn1. The van der Waals surface area contributed by atoms with Crippen molar-refractivity contribution in [2.45, 2.75) is 19.3 Å². The average Bonchev–Trinajstić information content (AvgIpc) is 2.29. The van der Waals surface area contributed by atoms with E-state index < -0.39 is 0 Å². The van der Waals surface area contributed by atoms with Gasteiger partial charge in [-0.1, -0.05) is 0 Å². The highest BCUT2D eigenvalue weighted by molar-refractivity contribution is 5.94. The molecule has 2 N–H and O–H groups in total. The number of piperidine rings is 1. The lowest BCUT2D eigenvalue weighted by molar-refractivity contribution is 0.0724. The van der Waals surface area contributed by atoms with E-state index in [4.69, 9.17) is 5.73 Å². The summed E-state index contributed by atoms with van der Waals surface area (Å²) < 4.78 is 0. The van der Waals surface area contributed by atoms with Crippen LogP contribution in [0.4, 0.5) is 5.82 Å². The molecule has 15 heavy (non-hydrogen) atoms. The van der Waals surface area contributed by atoms with Gasteiger partial charge in [0.2, 0.25) is 0 Å². The fourth-order valence-electron chi connectivity index (χ4n) is 1.86. The van der Waals surface area contributed by atoms with Crippen LogP contribution in [0.15, 0.2) is 18.3 Å². The molecule has 1 fully saturated rings. The molecule has 0 saturated carbocycles. The smallest absolute Gasteiger partial charge is 0.254 e. The van der Waals surface area contributed by atoms with Crippen LogP contribution in [0.25, 0.3) is 0 Å². The van der Waals surface area contributed by atoms with Crippen LogP contribution in [0.3, 0.4) is 0 Å². The lowest BCUT2D eigenvalue weighted by Gasteiger charge is -2.26. The Morgan fingerprint density at radius 3 is 2.73 bits per heavy atom. The van der Waals surface area contributed by atoms with Crippen LogP contribution in [-0.4, -0.2) is 28.9 Å². The minimum Gasteiger partial charge on any atom is -0.384 e. The maximum Gasteiger partial charge on any atom is 0.254 e. The van der Waals surface area contributed by atoms with Crippen molar-refractivity contribution in [2.75, 3.05) is 18.8 Å². The van der Waals surface area contributed by atoms with E-state index in [1.54, 1.807) is 18.3 Å². The molecule has 0 spiro atoms. The summed E-state index contributed by atoms with van der Waals surface area (Å²) in [4.78, 5) is 17.8. The van der Waals surface area contributed by atoms with Crippen molar-refractivity contribution in [3.05, 3.63) is 23.9 Å². The normalized spacial score (nSPS) is 16.4. The first kappa shape index (κ1) is 9.96. The Hall–Kier alpha value is -1.58. The number of pyridine rings is 1. The summed E-state index contributed by atoms with van der Waals surface area (Å²) >= 11 is 0. The van der Waals surface area contributed by atoms with Crippen molar-refractivity contribution in [3.8, 4) is 0 Å². The summed E-state index contributed by atoms with van der Waals surface area (Å²) in [5.41, 5.74) is 6.19. The number of rotatable bonds is 1. The maximum absolute atomic E-state index is 12.0. The molecule has 1 aromatic heterocycles. The molecule has 0 aromatic carbocycles. The standard InChI is InChI=1S/C11H15N3O/c12-10-8-9(4-5-13-10)11(15)14-6-2-1-3-7-14/h4-5,8H,1-3,6-7H2,(H2,12,13). The highest BCUT2D eigenvalue weighted by atomic mass is 16.2. The van der Waals surface area contributed by atoms with Crippen LogP contribution in [0.5, 0.6) is 0 Å². The topological polar surface area (TPSA) is 59.2 Å². The minimum absolute atomic E-state index is 0.0730. The molecular formula is C11H15N3O. The van der Waals surface area contributed by atoms with Gasteiger partial charge in [-0.15, -0.1) is 0 Å². The van der Waals surface area contributed by atoms with Crippen molar-refractivity contribution in [2.24, 2.45) is 0 Å². The first-order chi connectivity index (χ1) is 7.27. The van der Waals surface area contributed by atoms with Gasteiger partial charge in [-0.05, 0) is 31.4 Å². The van der Waals surface area contributed by atoms with Gasteiger partial charge in [-0.2, -0.15) is 0 Å². The van der Waals surface area contributed by atoms with E-state index in [9.17, 15) is 4.79 Å². The van der Waals surface area contributed by atoms with Crippen LogP contribution < -0.4 is 5.73 Å². The van der Waals surface area contributed by atoms with Crippen LogP contribution >= 0.6 is 0 Å². The van der Waals surface area contributed by atoms with Crippen molar-refractivity contribution in [1.29, 1.82) is 0 Å². The number of carbonyl (C=O) groups excluding carboxylic acids is 1. The number of hydrogen-bond donors (Lipinski definition) is 1. The molecule has 0 aliphatic carbocycles. The molecule has 4 heteroatoms. The highest BCUT2D eigenvalue weighted by Gasteiger charge is 2.17. The number of nitrogens with zero attached hydrogens (tertiary/aromatic N) is 2. The van der Waals surface area contributed by atoms with E-state index in [2.05, 4.69) is 4.98 Å². The Morgan fingerprint density at radius 2 is 2.07 bits per heavy atom. The molecule has 1 saturated heterocycles. The third kappa shape index (κ3) is 2.26. The monoisotopic (exact) mass is 205 g/mol. The van der Waals surface area contributed by atoms with Crippen LogP contribution in [-0.2, 0) is 0 Å². The number of anilines is 1. The van der Waals surface area contributed by atoms with Crippen LogP contribution in [0.1, 0.15) is 29.6 Å². The molecule has 2 heterocycles. The molecule has 1 aromatic rings. The van der Waals surface area contributed by atoms with Crippen LogP contribution in [0, 0.1) is 0 Å². The number of nitrogen functional groups attached to an aromatic ring is 1. The van der Waals surface area contributed by atoms with Gasteiger partial charge in [0.05, 0.1) is 0 Å².